The molecule has 1 aromatic rings. The number of hydrogen-bond acceptors (Lipinski definition) is 4. The van der Waals surface area contributed by atoms with E-state index in [-0.39, 0.29) is 12.3 Å². The molecule has 1 N–H and O–H groups in total. The van der Waals surface area contributed by atoms with Crippen molar-refractivity contribution in [3.05, 3.63) is 23.8 Å². The summed E-state index contributed by atoms with van der Waals surface area (Å²) in [4.78, 5) is 8.03. The Bertz CT molecular complexity index is 417. The van der Waals surface area contributed by atoms with Crippen LogP contribution < -0.4 is 4.72 Å². The van der Waals surface area contributed by atoms with Crippen molar-refractivity contribution in [3.63, 3.8) is 0 Å². The Hall–Kier alpha value is -1.01. The number of nitrogens with zero attached hydrogens (tertiary/aromatic N) is 2. The smallest absolute Gasteiger partial charge is 0.211 e. The van der Waals surface area contributed by atoms with Gasteiger partial charge in [0.05, 0.1) is 18.0 Å². The van der Waals surface area contributed by atoms with Gasteiger partial charge in [-0.05, 0) is 19.4 Å². The molecule has 84 valence electrons. The summed E-state index contributed by atoms with van der Waals surface area (Å²) in [5.41, 5.74) is 0.683. The van der Waals surface area contributed by atoms with Gasteiger partial charge >= 0.3 is 0 Å². The van der Waals surface area contributed by atoms with Gasteiger partial charge in [0.25, 0.3) is 0 Å². The van der Waals surface area contributed by atoms with Crippen LogP contribution in [0.2, 0.25) is 0 Å². The van der Waals surface area contributed by atoms with E-state index in [1.54, 1.807) is 19.2 Å². The minimum Gasteiger partial charge on any atom is -0.242 e. The molecule has 0 aliphatic heterocycles. The van der Waals surface area contributed by atoms with Gasteiger partial charge in [0, 0.05) is 6.20 Å². The maximum absolute atomic E-state index is 11.3. The molecule has 6 heteroatoms. The van der Waals surface area contributed by atoms with Crippen molar-refractivity contribution in [2.24, 2.45) is 0 Å². The van der Waals surface area contributed by atoms with Crippen molar-refractivity contribution in [1.29, 1.82) is 0 Å². The molecule has 0 saturated heterocycles. The first kappa shape index (κ1) is 12.1. The predicted octanol–water partition coefficient (Wildman–Crippen LogP) is 0.614. The molecular weight excluding hydrogens is 214 g/mol. The summed E-state index contributed by atoms with van der Waals surface area (Å²) in [6.45, 7) is 3.82. The fourth-order valence-corrected chi connectivity index (χ4v) is 2.18. The summed E-state index contributed by atoms with van der Waals surface area (Å²) in [6.07, 6.45) is 2.23. The molecule has 0 saturated carbocycles. The minimum absolute atomic E-state index is 0.150. The second-order valence-electron chi connectivity index (χ2n) is 3.24. The summed E-state index contributed by atoms with van der Waals surface area (Å²) in [5.74, 6) is 0.791. The summed E-state index contributed by atoms with van der Waals surface area (Å²) in [6, 6.07) is 1.70. The third-order valence-electron chi connectivity index (χ3n) is 1.78. The summed E-state index contributed by atoms with van der Waals surface area (Å²) < 4.78 is 25.2. The highest BCUT2D eigenvalue weighted by atomic mass is 32.2. The molecule has 0 unspecified atom stereocenters. The molecule has 0 atom stereocenters. The zero-order valence-corrected chi connectivity index (χ0v) is 9.71. The molecule has 1 heterocycles. The highest BCUT2D eigenvalue weighted by molar-refractivity contribution is 7.89. The van der Waals surface area contributed by atoms with Crippen molar-refractivity contribution in [1.82, 2.24) is 14.7 Å². The van der Waals surface area contributed by atoms with Crippen LogP contribution in [0.3, 0.4) is 0 Å². The lowest BCUT2D eigenvalue weighted by Crippen LogP contribution is -2.26. The molecular formula is C9H15N3O2S. The zero-order valence-electron chi connectivity index (χ0n) is 8.90. The average molecular weight is 229 g/mol. The van der Waals surface area contributed by atoms with Crippen LogP contribution in [0, 0.1) is 6.92 Å². The van der Waals surface area contributed by atoms with Gasteiger partial charge in [-0.3, -0.25) is 0 Å². The van der Waals surface area contributed by atoms with Crippen LogP contribution in [-0.4, -0.2) is 24.1 Å². The monoisotopic (exact) mass is 229 g/mol. The summed E-state index contributed by atoms with van der Waals surface area (Å²) in [7, 11) is -3.15. The van der Waals surface area contributed by atoms with Gasteiger partial charge in [0.15, 0.2) is 0 Å². The Labute approximate surface area is 90.0 Å². The largest absolute Gasteiger partial charge is 0.242 e. The lowest BCUT2D eigenvalue weighted by Gasteiger charge is -2.04. The molecule has 1 rings (SSSR count). The number of nitrogens with one attached hydrogen (secondary N) is 1. The molecule has 0 radical (unpaired) electrons. The van der Waals surface area contributed by atoms with Gasteiger partial charge in [-0.2, -0.15) is 0 Å². The molecule has 15 heavy (non-hydrogen) atoms. The van der Waals surface area contributed by atoms with E-state index in [9.17, 15) is 8.42 Å². The molecule has 0 bridgehead atoms. The van der Waals surface area contributed by atoms with E-state index >= 15 is 0 Å². The van der Waals surface area contributed by atoms with E-state index in [2.05, 4.69) is 14.7 Å². The van der Waals surface area contributed by atoms with Crippen LogP contribution in [0.4, 0.5) is 0 Å². The maximum atomic E-state index is 11.3. The van der Waals surface area contributed by atoms with Crippen molar-refractivity contribution in [3.8, 4) is 0 Å². The van der Waals surface area contributed by atoms with Crippen LogP contribution in [0.15, 0.2) is 12.3 Å². The van der Waals surface area contributed by atoms with Crippen LogP contribution in [0.25, 0.3) is 0 Å². The van der Waals surface area contributed by atoms with Crippen molar-refractivity contribution >= 4 is 10.0 Å². The number of sulfonamides is 1. The molecule has 5 nitrogen and oxygen atoms in total. The molecule has 0 fully saturated rings. The molecule has 0 aromatic carbocycles. The maximum Gasteiger partial charge on any atom is 0.211 e. The van der Waals surface area contributed by atoms with E-state index < -0.39 is 10.0 Å². The van der Waals surface area contributed by atoms with Gasteiger partial charge in [-0.15, -0.1) is 0 Å². The highest BCUT2D eigenvalue weighted by Crippen LogP contribution is 1.96. The lowest BCUT2D eigenvalue weighted by molar-refractivity contribution is 0.579. The number of rotatable bonds is 5. The quantitative estimate of drug-likeness (QED) is 0.803. The number of hydrogen-bond donors (Lipinski definition) is 1. The Kier molecular flexibility index (Phi) is 4.16. The van der Waals surface area contributed by atoms with Gasteiger partial charge in [0.2, 0.25) is 10.0 Å². The van der Waals surface area contributed by atoms with E-state index in [0.29, 0.717) is 17.9 Å². The molecule has 1 aromatic heterocycles. The molecule has 0 aliphatic rings. The van der Waals surface area contributed by atoms with Crippen molar-refractivity contribution < 1.29 is 8.42 Å². The first-order chi connectivity index (χ1) is 7.03. The predicted molar refractivity (Wildman–Crippen MR) is 57.7 cm³/mol. The lowest BCUT2D eigenvalue weighted by atomic mass is 10.4. The Morgan fingerprint density at radius 3 is 2.80 bits per heavy atom. The Morgan fingerprint density at radius 1 is 1.47 bits per heavy atom. The van der Waals surface area contributed by atoms with E-state index in [0.717, 1.165) is 0 Å². The van der Waals surface area contributed by atoms with Crippen LogP contribution in [0.5, 0.6) is 0 Å². The summed E-state index contributed by atoms with van der Waals surface area (Å²) >= 11 is 0. The fraction of sp³-hybridized carbons (Fsp3) is 0.556. The SMILES string of the molecule is CCCS(=O)(=O)NCc1ccnc(C)n1. The summed E-state index contributed by atoms with van der Waals surface area (Å²) in [5, 5.41) is 0. The van der Waals surface area contributed by atoms with E-state index in [1.165, 1.54) is 0 Å². The van der Waals surface area contributed by atoms with Crippen molar-refractivity contribution in [2.75, 3.05) is 5.75 Å². The van der Waals surface area contributed by atoms with Crippen molar-refractivity contribution in [2.45, 2.75) is 26.8 Å². The number of aryl methyl sites for hydroxylation is 1. The highest BCUT2D eigenvalue weighted by Gasteiger charge is 2.08. The first-order valence-corrected chi connectivity index (χ1v) is 6.44. The zero-order chi connectivity index (χ0) is 11.3. The van der Waals surface area contributed by atoms with Crippen LogP contribution in [-0.2, 0) is 16.6 Å². The average Bonchev–Trinajstić information content (AvgIpc) is 2.15. The Balaban J connectivity index is 2.58. The third kappa shape index (κ3) is 4.35. The molecule has 0 amide bonds. The van der Waals surface area contributed by atoms with Crippen LogP contribution in [0.1, 0.15) is 24.9 Å². The third-order valence-corrected chi connectivity index (χ3v) is 3.31. The van der Waals surface area contributed by atoms with Gasteiger partial charge in [-0.1, -0.05) is 6.92 Å². The fourth-order valence-electron chi connectivity index (χ4n) is 1.13. The topological polar surface area (TPSA) is 72.0 Å². The number of aromatic nitrogens is 2. The normalized spacial score (nSPS) is 11.6. The molecule has 0 spiro atoms. The van der Waals surface area contributed by atoms with Gasteiger partial charge < -0.3 is 0 Å². The second-order valence-corrected chi connectivity index (χ2v) is 5.16. The second kappa shape index (κ2) is 5.18. The minimum atomic E-state index is -3.15. The van der Waals surface area contributed by atoms with E-state index in [1.807, 2.05) is 6.92 Å². The van der Waals surface area contributed by atoms with Gasteiger partial charge in [-0.25, -0.2) is 23.1 Å². The van der Waals surface area contributed by atoms with Crippen LogP contribution >= 0.6 is 0 Å². The molecule has 0 aliphatic carbocycles. The first-order valence-electron chi connectivity index (χ1n) is 4.79. The standard InChI is InChI=1S/C9H15N3O2S/c1-3-6-15(13,14)11-7-9-4-5-10-8(2)12-9/h4-5,11H,3,6-7H2,1-2H3. The Morgan fingerprint density at radius 2 is 2.20 bits per heavy atom. The van der Waals surface area contributed by atoms with E-state index in [4.69, 9.17) is 0 Å². The van der Waals surface area contributed by atoms with Gasteiger partial charge in [0.1, 0.15) is 5.82 Å².